The van der Waals surface area contributed by atoms with E-state index in [4.69, 9.17) is 27.4 Å². The summed E-state index contributed by atoms with van der Waals surface area (Å²) in [6.07, 6.45) is 5.99. The van der Waals surface area contributed by atoms with E-state index < -0.39 is 0 Å². The minimum atomic E-state index is 0.172. The molecule has 1 saturated carbocycles. The van der Waals surface area contributed by atoms with E-state index in [2.05, 4.69) is 15.4 Å². The van der Waals surface area contributed by atoms with Gasteiger partial charge in [0.25, 0.3) is 0 Å². The normalized spacial score (nSPS) is 20.7. The summed E-state index contributed by atoms with van der Waals surface area (Å²) in [4.78, 5) is 7.34. The second-order valence-electron chi connectivity index (χ2n) is 5.68. The molecule has 0 saturated heterocycles. The maximum absolute atomic E-state index is 8.89. The molecule has 0 amide bonds. The molecule has 1 fully saturated rings. The van der Waals surface area contributed by atoms with Crippen molar-refractivity contribution < 1.29 is 4.74 Å². The lowest BCUT2D eigenvalue weighted by molar-refractivity contribution is 0.146. The van der Waals surface area contributed by atoms with Gasteiger partial charge in [0.15, 0.2) is 0 Å². The van der Waals surface area contributed by atoms with Crippen LogP contribution in [0.3, 0.4) is 0 Å². The fraction of sp³-hybridized carbons (Fsp3) is 0.375. The van der Waals surface area contributed by atoms with Gasteiger partial charge in [-0.2, -0.15) is 5.26 Å². The Balaban J connectivity index is 1.57. The fourth-order valence-corrected chi connectivity index (χ4v) is 3.17. The molecule has 0 bridgehead atoms. The molecule has 0 spiro atoms. The van der Waals surface area contributed by atoms with Crippen LogP contribution >= 0.6 is 11.6 Å². The molecular weight excluding hydrogens is 314 g/mol. The minimum Gasteiger partial charge on any atom is -0.490 e. The maximum atomic E-state index is 8.89. The van der Waals surface area contributed by atoms with Crippen LogP contribution in [0, 0.1) is 11.3 Å². The molecule has 23 heavy (non-hydrogen) atoms. The molecule has 2 aromatic rings. The number of nitrogens with two attached hydrogens (primary N) is 1. The van der Waals surface area contributed by atoms with Crippen molar-refractivity contribution in [1.29, 1.82) is 5.26 Å². The Hall–Kier alpha value is -2.23. The number of imidazole rings is 1. The van der Waals surface area contributed by atoms with Gasteiger partial charge in [-0.3, -0.25) is 5.43 Å². The Bertz CT molecular complexity index is 716. The first kappa shape index (κ1) is 15.7. The second-order valence-corrected chi connectivity index (χ2v) is 6.08. The Morgan fingerprint density at radius 1 is 1.35 bits per heavy atom. The largest absolute Gasteiger partial charge is 0.490 e. The average Bonchev–Trinajstić information content (AvgIpc) is 3.05. The molecule has 1 aliphatic rings. The summed E-state index contributed by atoms with van der Waals surface area (Å²) in [5, 5.41) is 9.32. The number of aromatic nitrogens is 2. The first-order chi connectivity index (χ1) is 11.2. The monoisotopic (exact) mass is 331 g/mol. The summed E-state index contributed by atoms with van der Waals surface area (Å²) in [7, 11) is 0. The zero-order valence-corrected chi connectivity index (χ0v) is 13.3. The number of H-pyrrole nitrogens is 1. The van der Waals surface area contributed by atoms with Gasteiger partial charge in [-0.15, -0.1) is 0 Å². The van der Waals surface area contributed by atoms with Crippen molar-refractivity contribution in [3.8, 4) is 11.8 Å². The Morgan fingerprint density at radius 2 is 2.13 bits per heavy atom. The molecule has 1 aromatic carbocycles. The van der Waals surface area contributed by atoms with E-state index in [1.807, 2.05) is 12.3 Å². The number of ether oxygens (including phenoxy) is 1. The van der Waals surface area contributed by atoms with Crippen LogP contribution < -0.4 is 16.0 Å². The summed E-state index contributed by atoms with van der Waals surface area (Å²) in [5.74, 6) is 7.10. The molecule has 0 aliphatic heterocycles. The third kappa shape index (κ3) is 3.58. The number of aromatic amines is 1. The highest BCUT2D eigenvalue weighted by Gasteiger charge is 2.25. The zero-order valence-electron chi connectivity index (χ0n) is 12.6. The van der Waals surface area contributed by atoms with Crippen molar-refractivity contribution >= 4 is 17.5 Å². The van der Waals surface area contributed by atoms with Crippen molar-refractivity contribution in [2.75, 3.05) is 5.43 Å². The number of hydrogen-bond donors (Lipinski definition) is 3. The van der Waals surface area contributed by atoms with Crippen molar-refractivity contribution in [2.45, 2.75) is 37.7 Å². The molecule has 0 radical (unpaired) electrons. The smallest absolute Gasteiger partial charge is 0.214 e. The molecule has 6 nitrogen and oxygen atoms in total. The molecule has 0 atom stereocenters. The van der Waals surface area contributed by atoms with Crippen LogP contribution in [0.4, 0.5) is 5.95 Å². The van der Waals surface area contributed by atoms with E-state index >= 15 is 0 Å². The van der Waals surface area contributed by atoms with Crippen LogP contribution in [0.15, 0.2) is 24.4 Å². The number of hydrogen-bond acceptors (Lipinski definition) is 5. The van der Waals surface area contributed by atoms with Crippen molar-refractivity contribution in [2.24, 2.45) is 5.84 Å². The van der Waals surface area contributed by atoms with Crippen LogP contribution in [-0.4, -0.2) is 16.1 Å². The molecule has 1 heterocycles. The molecule has 0 unspecified atom stereocenters. The molecule has 1 aliphatic carbocycles. The van der Waals surface area contributed by atoms with Gasteiger partial charge in [0.2, 0.25) is 5.95 Å². The predicted molar refractivity (Wildman–Crippen MR) is 88.2 cm³/mol. The number of benzene rings is 1. The van der Waals surface area contributed by atoms with Gasteiger partial charge in [0, 0.05) is 17.7 Å². The zero-order chi connectivity index (χ0) is 16.2. The van der Waals surface area contributed by atoms with E-state index in [-0.39, 0.29) is 6.10 Å². The summed E-state index contributed by atoms with van der Waals surface area (Å²) in [6.45, 7) is 0. The number of hydrazine groups is 1. The molecular formula is C16H18ClN5O. The fourth-order valence-electron chi connectivity index (χ4n) is 2.96. The minimum absolute atomic E-state index is 0.172. The second kappa shape index (κ2) is 6.90. The van der Waals surface area contributed by atoms with E-state index in [1.54, 1.807) is 18.2 Å². The number of nitrogens with zero attached hydrogens (tertiary/aromatic N) is 2. The quantitative estimate of drug-likeness (QED) is 0.589. The molecule has 3 rings (SSSR count). The number of rotatable bonds is 4. The molecule has 7 heteroatoms. The Kier molecular flexibility index (Phi) is 4.70. The van der Waals surface area contributed by atoms with Gasteiger partial charge < -0.3 is 9.72 Å². The first-order valence-electron chi connectivity index (χ1n) is 7.57. The molecule has 4 N–H and O–H groups in total. The first-order valence-corrected chi connectivity index (χ1v) is 7.95. The van der Waals surface area contributed by atoms with Gasteiger partial charge in [0.05, 0.1) is 22.9 Å². The van der Waals surface area contributed by atoms with E-state index in [9.17, 15) is 0 Å². The van der Waals surface area contributed by atoms with Crippen LogP contribution in [0.2, 0.25) is 5.02 Å². The highest BCUT2D eigenvalue weighted by Crippen LogP contribution is 2.34. The van der Waals surface area contributed by atoms with Crippen molar-refractivity contribution in [3.63, 3.8) is 0 Å². The number of nitriles is 1. The lowest BCUT2D eigenvalue weighted by Crippen LogP contribution is -2.23. The lowest BCUT2D eigenvalue weighted by atomic mass is 9.85. The average molecular weight is 332 g/mol. The van der Waals surface area contributed by atoms with Crippen LogP contribution in [-0.2, 0) is 0 Å². The summed E-state index contributed by atoms with van der Waals surface area (Å²) < 4.78 is 5.99. The predicted octanol–water partition coefficient (Wildman–Crippen LogP) is 3.33. The summed E-state index contributed by atoms with van der Waals surface area (Å²) in [5.41, 5.74) is 4.09. The highest BCUT2D eigenvalue weighted by molar-refractivity contribution is 6.31. The van der Waals surface area contributed by atoms with Crippen molar-refractivity contribution in [3.05, 3.63) is 40.7 Å². The molecule has 120 valence electrons. The Morgan fingerprint density at radius 3 is 2.74 bits per heavy atom. The molecule has 1 aromatic heterocycles. The van der Waals surface area contributed by atoms with E-state index in [0.29, 0.717) is 28.2 Å². The number of halogens is 1. The van der Waals surface area contributed by atoms with Gasteiger partial charge in [-0.1, -0.05) is 11.6 Å². The number of anilines is 1. The van der Waals surface area contributed by atoms with Gasteiger partial charge in [0.1, 0.15) is 11.8 Å². The van der Waals surface area contributed by atoms with E-state index in [1.165, 1.54) is 0 Å². The summed E-state index contributed by atoms with van der Waals surface area (Å²) in [6, 6.07) is 7.24. The highest BCUT2D eigenvalue weighted by atomic mass is 35.5. The lowest BCUT2D eigenvalue weighted by Gasteiger charge is -2.28. The summed E-state index contributed by atoms with van der Waals surface area (Å²) >= 11 is 6.04. The van der Waals surface area contributed by atoms with Crippen LogP contribution in [0.1, 0.15) is 42.9 Å². The van der Waals surface area contributed by atoms with Gasteiger partial charge in [-0.05, 0) is 37.8 Å². The third-order valence-corrected chi connectivity index (χ3v) is 4.52. The van der Waals surface area contributed by atoms with Crippen molar-refractivity contribution in [1.82, 2.24) is 9.97 Å². The maximum Gasteiger partial charge on any atom is 0.214 e. The van der Waals surface area contributed by atoms with Crippen LogP contribution in [0.25, 0.3) is 0 Å². The Labute approximate surface area is 139 Å². The van der Waals surface area contributed by atoms with Gasteiger partial charge >= 0.3 is 0 Å². The number of nitrogens with one attached hydrogen (secondary N) is 2. The van der Waals surface area contributed by atoms with E-state index in [0.717, 1.165) is 31.4 Å². The van der Waals surface area contributed by atoms with Crippen LogP contribution in [0.5, 0.6) is 5.75 Å². The topological polar surface area (TPSA) is 99.8 Å². The number of nitrogen functional groups attached to an aromatic ring is 1. The SMILES string of the molecule is N#Cc1ccc(O[C@H]2CC[C@H](c3cnc(NN)[nH]3)CC2)cc1Cl. The van der Waals surface area contributed by atoms with Gasteiger partial charge in [-0.25, -0.2) is 10.8 Å². The third-order valence-electron chi connectivity index (χ3n) is 4.21. The standard InChI is InChI=1S/C16H18ClN5O/c17-14-7-13(6-3-11(14)8-18)23-12-4-1-10(2-5-12)15-9-20-16(21-15)22-19/h3,6-7,9-10,12H,1-2,4-5,19H2,(H2,20,21,22)/t10-,12-.